The lowest BCUT2D eigenvalue weighted by molar-refractivity contribution is -0.204. The number of hydrogen-bond donors (Lipinski definition) is 2. The molecule has 0 aromatic carbocycles. The summed E-state index contributed by atoms with van der Waals surface area (Å²) < 4.78 is 10.5. The number of carbonyl (C=O) groups is 1. The highest BCUT2D eigenvalue weighted by molar-refractivity contribution is 6.52. The molecule has 0 bridgehead atoms. The van der Waals surface area contributed by atoms with Gasteiger partial charge in [0, 0.05) is 7.11 Å². The van der Waals surface area contributed by atoms with Crippen LogP contribution < -0.4 is 0 Å². The predicted octanol–water partition coefficient (Wildman–Crippen LogP) is -0.169. The van der Waals surface area contributed by atoms with Crippen LogP contribution in [0, 0.1) is 0 Å². The van der Waals surface area contributed by atoms with Crippen LogP contribution in [-0.2, 0) is 14.3 Å². The van der Waals surface area contributed by atoms with Crippen molar-refractivity contribution >= 4 is 12.9 Å². The maximum atomic E-state index is 11.7. The highest BCUT2D eigenvalue weighted by Crippen LogP contribution is 2.25. The molecule has 0 saturated heterocycles. The summed E-state index contributed by atoms with van der Waals surface area (Å²) in [4.78, 5) is 11.7. The molecular formula is C10H15BO5. The van der Waals surface area contributed by atoms with Crippen LogP contribution in [0.15, 0.2) is 23.7 Å². The first-order valence-corrected chi connectivity index (χ1v) is 4.95. The Kier molecular flexibility index (Phi) is 4.04. The van der Waals surface area contributed by atoms with Crippen molar-refractivity contribution in [3.8, 4) is 0 Å². The first-order chi connectivity index (χ1) is 7.41. The molecule has 5 nitrogen and oxygen atoms in total. The molecule has 88 valence electrons. The summed E-state index contributed by atoms with van der Waals surface area (Å²) in [5.41, 5.74) is 0.169. The van der Waals surface area contributed by atoms with Crippen molar-refractivity contribution < 1.29 is 24.3 Å². The van der Waals surface area contributed by atoms with Gasteiger partial charge >= 0.3 is 7.12 Å². The molecule has 6 heteroatoms. The van der Waals surface area contributed by atoms with Crippen LogP contribution in [0.3, 0.4) is 0 Å². The van der Waals surface area contributed by atoms with E-state index in [-0.39, 0.29) is 17.4 Å². The molecule has 1 unspecified atom stereocenters. The van der Waals surface area contributed by atoms with Crippen LogP contribution in [0.1, 0.15) is 13.8 Å². The summed E-state index contributed by atoms with van der Waals surface area (Å²) in [6.45, 7) is 3.52. The molecule has 0 radical (unpaired) electrons. The minimum Gasteiger partial charge on any atom is -0.423 e. The molecule has 16 heavy (non-hydrogen) atoms. The third-order valence-corrected chi connectivity index (χ3v) is 2.14. The Morgan fingerprint density at radius 2 is 2.00 bits per heavy atom. The van der Waals surface area contributed by atoms with Crippen molar-refractivity contribution in [2.24, 2.45) is 0 Å². The number of hydrogen-bond acceptors (Lipinski definition) is 5. The van der Waals surface area contributed by atoms with Gasteiger partial charge in [0.2, 0.25) is 5.78 Å². The van der Waals surface area contributed by atoms with Gasteiger partial charge in [-0.05, 0) is 31.5 Å². The molecule has 0 aromatic heterocycles. The first kappa shape index (κ1) is 13.1. The molecule has 0 aromatic rings. The van der Waals surface area contributed by atoms with Crippen molar-refractivity contribution in [1.82, 2.24) is 0 Å². The molecule has 1 atom stereocenters. The van der Waals surface area contributed by atoms with Crippen molar-refractivity contribution in [1.29, 1.82) is 0 Å². The zero-order valence-electron chi connectivity index (χ0n) is 9.51. The van der Waals surface area contributed by atoms with E-state index in [1.54, 1.807) is 13.8 Å². The van der Waals surface area contributed by atoms with Crippen LogP contribution in [0.25, 0.3) is 0 Å². The van der Waals surface area contributed by atoms with Crippen molar-refractivity contribution in [3.63, 3.8) is 0 Å². The number of ether oxygens (including phenoxy) is 2. The molecule has 1 aliphatic rings. The zero-order chi connectivity index (χ0) is 12.3. The van der Waals surface area contributed by atoms with E-state index in [0.29, 0.717) is 0 Å². The average Bonchev–Trinajstić information content (AvgIpc) is 2.20. The number of ketones is 1. The Morgan fingerprint density at radius 3 is 2.44 bits per heavy atom. The lowest BCUT2D eigenvalue weighted by Crippen LogP contribution is -2.45. The first-order valence-electron chi connectivity index (χ1n) is 4.95. The van der Waals surface area contributed by atoms with Crippen LogP contribution in [-0.4, -0.2) is 42.0 Å². The Hall–Kier alpha value is -0.945. The summed E-state index contributed by atoms with van der Waals surface area (Å²) in [5.74, 6) is -1.93. The SMILES string of the molecule is COC1(OC(C)C)C=C(B(O)O)C=CC1=O. The largest absolute Gasteiger partial charge is 0.488 e. The van der Waals surface area contributed by atoms with E-state index in [9.17, 15) is 4.79 Å². The summed E-state index contributed by atoms with van der Waals surface area (Å²) in [6.07, 6.45) is 3.58. The molecule has 1 rings (SSSR count). The quantitative estimate of drug-likeness (QED) is 0.514. The van der Waals surface area contributed by atoms with Crippen molar-refractivity contribution in [2.45, 2.75) is 25.7 Å². The third kappa shape index (κ3) is 2.59. The standard InChI is InChI=1S/C10H15BO5/c1-7(2)16-10(15-3)6-8(11(13)14)4-5-9(10)12/h4-7,13-14H,1-3H3. The monoisotopic (exact) mass is 226 g/mol. The second-order valence-electron chi connectivity index (χ2n) is 3.75. The van der Waals surface area contributed by atoms with Gasteiger partial charge in [0.25, 0.3) is 5.79 Å². The van der Waals surface area contributed by atoms with Crippen LogP contribution in [0.4, 0.5) is 0 Å². The minimum absolute atomic E-state index is 0.169. The van der Waals surface area contributed by atoms with Gasteiger partial charge in [-0.1, -0.05) is 6.08 Å². The normalized spacial score (nSPS) is 24.9. The number of rotatable bonds is 4. The zero-order valence-corrected chi connectivity index (χ0v) is 9.51. The molecule has 1 aliphatic carbocycles. The molecular weight excluding hydrogens is 211 g/mol. The van der Waals surface area contributed by atoms with Gasteiger partial charge in [-0.15, -0.1) is 0 Å². The second kappa shape index (κ2) is 4.92. The number of allylic oxidation sites excluding steroid dienone is 2. The topological polar surface area (TPSA) is 76.0 Å². The summed E-state index contributed by atoms with van der Waals surface area (Å²) in [7, 11) is -0.327. The Balaban J connectivity index is 3.06. The third-order valence-electron chi connectivity index (χ3n) is 2.14. The Morgan fingerprint density at radius 1 is 1.38 bits per heavy atom. The summed E-state index contributed by atoms with van der Waals surface area (Å²) in [5, 5.41) is 18.1. The number of carbonyl (C=O) groups excluding carboxylic acids is 1. The van der Waals surface area contributed by atoms with E-state index in [1.807, 2.05) is 0 Å². The van der Waals surface area contributed by atoms with Gasteiger partial charge in [0.1, 0.15) is 0 Å². The predicted molar refractivity (Wildman–Crippen MR) is 58.4 cm³/mol. The summed E-state index contributed by atoms with van der Waals surface area (Å²) >= 11 is 0. The maximum Gasteiger partial charge on any atom is 0.488 e. The smallest absolute Gasteiger partial charge is 0.423 e. The molecule has 0 saturated carbocycles. The van der Waals surface area contributed by atoms with Gasteiger partial charge in [0.05, 0.1) is 6.10 Å². The van der Waals surface area contributed by atoms with Crippen LogP contribution >= 0.6 is 0 Å². The molecule has 0 aliphatic heterocycles. The van der Waals surface area contributed by atoms with E-state index in [1.165, 1.54) is 25.3 Å². The van der Waals surface area contributed by atoms with Crippen molar-refractivity contribution in [3.05, 3.63) is 23.7 Å². The van der Waals surface area contributed by atoms with Gasteiger partial charge in [0.15, 0.2) is 0 Å². The lowest BCUT2D eigenvalue weighted by atomic mass is 9.75. The fourth-order valence-electron chi connectivity index (χ4n) is 1.44. The molecule has 0 amide bonds. The van der Waals surface area contributed by atoms with E-state index in [4.69, 9.17) is 19.5 Å². The molecule has 0 heterocycles. The molecule has 0 spiro atoms. The van der Waals surface area contributed by atoms with Gasteiger partial charge < -0.3 is 19.5 Å². The summed E-state index contributed by atoms with van der Waals surface area (Å²) in [6, 6.07) is 0. The van der Waals surface area contributed by atoms with Crippen LogP contribution in [0.2, 0.25) is 0 Å². The fraction of sp³-hybridized carbons (Fsp3) is 0.500. The van der Waals surface area contributed by atoms with E-state index in [2.05, 4.69) is 0 Å². The van der Waals surface area contributed by atoms with E-state index >= 15 is 0 Å². The average molecular weight is 226 g/mol. The Labute approximate surface area is 94.5 Å². The highest BCUT2D eigenvalue weighted by atomic mass is 16.7. The van der Waals surface area contributed by atoms with Gasteiger partial charge in [-0.25, -0.2) is 0 Å². The van der Waals surface area contributed by atoms with Crippen molar-refractivity contribution in [2.75, 3.05) is 7.11 Å². The molecule has 2 N–H and O–H groups in total. The Bertz CT molecular complexity index is 334. The molecule has 0 fully saturated rings. The van der Waals surface area contributed by atoms with Gasteiger partial charge in [-0.2, -0.15) is 0 Å². The second-order valence-corrected chi connectivity index (χ2v) is 3.75. The van der Waals surface area contributed by atoms with Crippen LogP contribution in [0.5, 0.6) is 0 Å². The lowest BCUT2D eigenvalue weighted by Gasteiger charge is -2.31. The fourth-order valence-corrected chi connectivity index (χ4v) is 1.44. The van der Waals surface area contributed by atoms with E-state index < -0.39 is 12.9 Å². The number of methoxy groups -OCH3 is 1. The highest BCUT2D eigenvalue weighted by Gasteiger charge is 2.40. The van der Waals surface area contributed by atoms with E-state index in [0.717, 1.165) is 0 Å². The minimum atomic E-state index is -1.66. The maximum absolute atomic E-state index is 11.7. The van der Waals surface area contributed by atoms with Gasteiger partial charge in [-0.3, -0.25) is 4.79 Å².